The van der Waals surface area contributed by atoms with E-state index in [0.717, 1.165) is 11.6 Å². The third-order valence-electron chi connectivity index (χ3n) is 4.38. The van der Waals surface area contributed by atoms with Crippen molar-refractivity contribution in [2.24, 2.45) is 5.41 Å². The Labute approximate surface area is 153 Å². The van der Waals surface area contributed by atoms with Crippen molar-refractivity contribution in [1.82, 2.24) is 0 Å². The summed E-state index contributed by atoms with van der Waals surface area (Å²) in [4.78, 5) is 35.5. The minimum Gasteiger partial charge on any atom is -0.481 e. The van der Waals surface area contributed by atoms with E-state index in [1.807, 2.05) is 19.9 Å². The van der Waals surface area contributed by atoms with E-state index < -0.39 is 28.9 Å². The molecule has 0 aliphatic carbocycles. The first-order valence-electron chi connectivity index (χ1n) is 8.34. The number of methoxy groups -OCH3 is 1. The number of allylic oxidation sites excluding steroid dienone is 3. The lowest BCUT2D eigenvalue weighted by molar-refractivity contribution is -0.143. The Morgan fingerprint density at radius 3 is 2.54 bits per heavy atom. The molecule has 2 unspecified atom stereocenters. The van der Waals surface area contributed by atoms with Crippen LogP contribution in [0, 0.1) is 5.41 Å². The van der Waals surface area contributed by atoms with Crippen molar-refractivity contribution in [1.29, 1.82) is 0 Å². The second-order valence-electron chi connectivity index (χ2n) is 6.70. The molecule has 0 aromatic carbocycles. The minimum atomic E-state index is -1.15. The van der Waals surface area contributed by atoms with Crippen molar-refractivity contribution in [3.63, 3.8) is 0 Å². The first-order chi connectivity index (χ1) is 12.1. The molecule has 6 heteroatoms. The molecule has 1 aromatic rings. The summed E-state index contributed by atoms with van der Waals surface area (Å²) in [6, 6.07) is 2.57. The maximum absolute atomic E-state index is 12.1. The van der Waals surface area contributed by atoms with Crippen LogP contribution in [0.15, 0.2) is 45.6 Å². The van der Waals surface area contributed by atoms with Crippen molar-refractivity contribution in [2.75, 3.05) is 7.11 Å². The van der Waals surface area contributed by atoms with Crippen molar-refractivity contribution in [2.45, 2.75) is 46.0 Å². The second kappa shape index (κ2) is 9.17. The van der Waals surface area contributed by atoms with Gasteiger partial charge in [-0.1, -0.05) is 24.6 Å². The Bertz CT molecular complexity index is 754. The standard InChI is InChI=1S/C20H26O6/c1-6-20(4,11-7-8-13(2)3)17(19(23)24)18-14(12-16(22)25-5)9-10-15(21)26-18/h6,8-10,17H,1,7,11-12H2,2-5H3,(H,23,24). The zero-order valence-electron chi connectivity index (χ0n) is 15.7. The zero-order chi connectivity index (χ0) is 19.9. The van der Waals surface area contributed by atoms with E-state index in [0.29, 0.717) is 18.4 Å². The summed E-state index contributed by atoms with van der Waals surface area (Å²) in [5.41, 5.74) is -0.101. The highest BCUT2D eigenvalue weighted by molar-refractivity contribution is 5.79. The van der Waals surface area contributed by atoms with Crippen molar-refractivity contribution >= 4 is 11.9 Å². The number of esters is 1. The van der Waals surface area contributed by atoms with Crippen LogP contribution >= 0.6 is 0 Å². The molecule has 1 N–H and O–H groups in total. The second-order valence-corrected chi connectivity index (χ2v) is 6.70. The van der Waals surface area contributed by atoms with E-state index in [1.165, 1.54) is 13.2 Å². The average molecular weight is 362 g/mol. The fourth-order valence-electron chi connectivity index (χ4n) is 2.81. The minimum absolute atomic E-state index is 0.0324. The van der Waals surface area contributed by atoms with Crippen LogP contribution < -0.4 is 5.63 Å². The van der Waals surface area contributed by atoms with Gasteiger partial charge in [0.25, 0.3) is 0 Å². The summed E-state index contributed by atoms with van der Waals surface area (Å²) in [6.45, 7) is 9.48. The van der Waals surface area contributed by atoms with E-state index in [-0.39, 0.29) is 12.2 Å². The van der Waals surface area contributed by atoms with E-state index in [1.54, 1.807) is 13.0 Å². The van der Waals surface area contributed by atoms with Gasteiger partial charge in [-0.2, -0.15) is 0 Å². The monoisotopic (exact) mass is 362 g/mol. The van der Waals surface area contributed by atoms with Crippen LogP contribution in [0.5, 0.6) is 0 Å². The Morgan fingerprint density at radius 2 is 2.04 bits per heavy atom. The van der Waals surface area contributed by atoms with Gasteiger partial charge in [-0.25, -0.2) is 4.79 Å². The van der Waals surface area contributed by atoms with Crippen LogP contribution in [0.4, 0.5) is 0 Å². The van der Waals surface area contributed by atoms with Gasteiger partial charge < -0.3 is 14.3 Å². The largest absolute Gasteiger partial charge is 0.481 e. The molecular formula is C20H26O6. The molecule has 0 saturated heterocycles. The van der Waals surface area contributed by atoms with E-state index in [9.17, 15) is 19.5 Å². The number of hydrogen-bond donors (Lipinski definition) is 1. The van der Waals surface area contributed by atoms with Gasteiger partial charge in [0, 0.05) is 17.0 Å². The Hall–Kier alpha value is -2.63. The van der Waals surface area contributed by atoms with Gasteiger partial charge in [0.1, 0.15) is 11.7 Å². The highest BCUT2D eigenvalue weighted by atomic mass is 16.5. The predicted octanol–water partition coefficient (Wildman–Crippen LogP) is 3.46. The molecule has 1 heterocycles. The summed E-state index contributed by atoms with van der Waals surface area (Å²) in [7, 11) is 1.24. The van der Waals surface area contributed by atoms with Gasteiger partial charge in [-0.3, -0.25) is 9.59 Å². The lowest BCUT2D eigenvalue weighted by Gasteiger charge is -2.32. The van der Waals surface area contributed by atoms with Crippen molar-refractivity contribution in [3.05, 3.63) is 58.2 Å². The molecule has 1 aromatic heterocycles. The van der Waals surface area contributed by atoms with Crippen LogP contribution in [-0.4, -0.2) is 24.2 Å². The van der Waals surface area contributed by atoms with Crippen LogP contribution in [0.1, 0.15) is 50.9 Å². The number of carbonyl (C=O) groups excluding carboxylic acids is 1. The van der Waals surface area contributed by atoms with E-state index in [4.69, 9.17) is 4.42 Å². The van der Waals surface area contributed by atoms with Crippen LogP contribution in [0.3, 0.4) is 0 Å². The molecule has 1 rings (SSSR count). The summed E-state index contributed by atoms with van der Waals surface area (Å²) in [6.07, 6.45) is 4.55. The highest BCUT2D eigenvalue weighted by Crippen LogP contribution is 2.42. The van der Waals surface area contributed by atoms with Crippen molar-refractivity contribution in [3.8, 4) is 0 Å². The molecule has 0 saturated carbocycles. The van der Waals surface area contributed by atoms with Crippen molar-refractivity contribution < 1.29 is 23.8 Å². The number of hydrogen-bond acceptors (Lipinski definition) is 5. The molecule has 0 aliphatic heterocycles. The van der Waals surface area contributed by atoms with Gasteiger partial charge in [0.05, 0.1) is 13.5 Å². The quantitative estimate of drug-likeness (QED) is 0.534. The average Bonchev–Trinajstić information content (AvgIpc) is 2.56. The molecule has 0 bridgehead atoms. The maximum atomic E-state index is 12.1. The van der Waals surface area contributed by atoms with Gasteiger partial charge in [0.15, 0.2) is 0 Å². The number of rotatable bonds is 9. The van der Waals surface area contributed by atoms with Crippen LogP contribution in [0.25, 0.3) is 0 Å². The Balaban J connectivity index is 3.43. The molecule has 26 heavy (non-hydrogen) atoms. The van der Waals surface area contributed by atoms with Gasteiger partial charge >= 0.3 is 17.6 Å². The summed E-state index contributed by atoms with van der Waals surface area (Å²) in [5.74, 6) is -2.88. The first kappa shape index (κ1) is 21.4. The van der Waals surface area contributed by atoms with Crippen LogP contribution in [-0.2, 0) is 20.7 Å². The highest BCUT2D eigenvalue weighted by Gasteiger charge is 2.41. The molecule has 0 radical (unpaired) electrons. The van der Waals surface area contributed by atoms with E-state index >= 15 is 0 Å². The number of carboxylic acid groups (broad SMARTS) is 1. The molecule has 0 fully saturated rings. The third kappa shape index (κ3) is 5.44. The number of carboxylic acids is 1. The van der Waals surface area contributed by atoms with Gasteiger partial charge in [-0.15, -0.1) is 6.58 Å². The Morgan fingerprint density at radius 1 is 1.38 bits per heavy atom. The lowest BCUT2D eigenvalue weighted by Crippen LogP contribution is -2.32. The fourth-order valence-corrected chi connectivity index (χ4v) is 2.81. The van der Waals surface area contributed by atoms with Gasteiger partial charge in [0.2, 0.25) is 0 Å². The third-order valence-corrected chi connectivity index (χ3v) is 4.38. The zero-order valence-corrected chi connectivity index (χ0v) is 15.7. The summed E-state index contributed by atoms with van der Waals surface area (Å²) in [5, 5.41) is 9.87. The van der Waals surface area contributed by atoms with Crippen LogP contribution in [0.2, 0.25) is 0 Å². The molecule has 6 nitrogen and oxygen atoms in total. The summed E-state index contributed by atoms with van der Waals surface area (Å²) >= 11 is 0. The molecule has 0 aliphatic rings. The molecular weight excluding hydrogens is 336 g/mol. The number of ether oxygens (including phenoxy) is 1. The molecule has 0 spiro atoms. The smallest absolute Gasteiger partial charge is 0.335 e. The number of carbonyl (C=O) groups is 2. The molecule has 142 valence electrons. The summed E-state index contributed by atoms with van der Waals surface area (Å²) < 4.78 is 9.89. The molecule has 0 amide bonds. The SMILES string of the molecule is C=CC(C)(CCC=C(C)C)C(C(=O)O)c1oc(=O)ccc1CC(=O)OC. The first-order valence-corrected chi connectivity index (χ1v) is 8.34. The normalized spacial score (nSPS) is 14.0. The maximum Gasteiger partial charge on any atom is 0.335 e. The predicted molar refractivity (Wildman–Crippen MR) is 98.0 cm³/mol. The fraction of sp³-hybridized carbons (Fsp3) is 0.450. The number of aliphatic carboxylic acids is 1. The van der Waals surface area contributed by atoms with Gasteiger partial charge in [-0.05, 0) is 32.8 Å². The molecule has 2 atom stereocenters. The lowest BCUT2D eigenvalue weighted by atomic mass is 9.71. The van der Waals surface area contributed by atoms with E-state index in [2.05, 4.69) is 11.3 Å². The Kier molecular flexibility index (Phi) is 7.56. The topological polar surface area (TPSA) is 93.8 Å².